The van der Waals surface area contributed by atoms with Crippen LogP contribution in [0, 0.1) is 12.8 Å². The van der Waals surface area contributed by atoms with E-state index in [1.165, 1.54) is 0 Å². The van der Waals surface area contributed by atoms with Crippen molar-refractivity contribution >= 4 is 5.91 Å². The third kappa shape index (κ3) is 4.14. The fraction of sp³-hybridized carbons (Fsp3) is 0.562. The number of carbonyl (C=O) groups excluding carboxylic acids is 1. The van der Waals surface area contributed by atoms with Crippen LogP contribution in [0.3, 0.4) is 0 Å². The van der Waals surface area contributed by atoms with Gasteiger partial charge in [0.15, 0.2) is 0 Å². The van der Waals surface area contributed by atoms with E-state index in [9.17, 15) is 9.90 Å². The number of hydrogen-bond acceptors (Lipinski definition) is 6. The van der Waals surface area contributed by atoms with Gasteiger partial charge in [0.25, 0.3) is 0 Å². The van der Waals surface area contributed by atoms with E-state index in [1.54, 1.807) is 24.0 Å². The van der Waals surface area contributed by atoms with Crippen molar-refractivity contribution in [3.05, 3.63) is 35.9 Å². The molecule has 2 N–H and O–H groups in total. The molecule has 1 aliphatic rings. The maximum absolute atomic E-state index is 12.3. The van der Waals surface area contributed by atoms with E-state index in [-0.39, 0.29) is 18.1 Å². The molecule has 8 nitrogen and oxygen atoms in total. The highest BCUT2D eigenvalue weighted by atomic mass is 16.3. The van der Waals surface area contributed by atoms with Crippen LogP contribution in [-0.4, -0.2) is 48.4 Å². The van der Waals surface area contributed by atoms with Gasteiger partial charge < -0.3 is 10.4 Å². The van der Waals surface area contributed by atoms with Crippen molar-refractivity contribution < 1.29 is 9.90 Å². The molecule has 8 heteroatoms. The first-order valence-corrected chi connectivity index (χ1v) is 8.21. The van der Waals surface area contributed by atoms with E-state index >= 15 is 0 Å². The number of nitrogens with zero attached hydrogens (tertiary/aromatic N) is 5. The van der Waals surface area contributed by atoms with Crippen molar-refractivity contribution in [3.63, 3.8) is 0 Å². The molecule has 0 saturated heterocycles. The number of rotatable bonds is 7. The van der Waals surface area contributed by atoms with Gasteiger partial charge in [0.2, 0.25) is 5.91 Å². The van der Waals surface area contributed by atoms with Gasteiger partial charge in [0, 0.05) is 24.9 Å². The summed E-state index contributed by atoms with van der Waals surface area (Å²) in [5.41, 5.74) is 1.13. The van der Waals surface area contributed by atoms with Gasteiger partial charge in [0.05, 0.1) is 12.6 Å². The molecule has 0 radical (unpaired) electrons. The average Bonchev–Trinajstić information content (AvgIpc) is 2.95. The number of nitrogens with one attached hydrogen (secondary N) is 1. The standard InChI is InChI=1S/C16H22N6O2/c1-11-19-20-21-22(11)7-4-16(24)18-15(13-9-14(23)10-13)8-12-2-5-17-6-3-12/h2-3,5-6,13-15,23H,4,7-10H2,1H3,(H,18,24)/t13?,14?,15-/m0/s1. The summed E-state index contributed by atoms with van der Waals surface area (Å²) in [7, 11) is 0. The molecule has 2 aromatic rings. The zero-order valence-corrected chi connectivity index (χ0v) is 13.7. The van der Waals surface area contributed by atoms with Gasteiger partial charge in [-0.25, -0.2) is 4.68 Å². The van der Waals surface area contributed by atoms with Crippen LogP contribution in [-0.2, 0) is 17.8 Å². The predicted molar refractivity (Wildman–Crippen MR) is 85.8 cm³/mol. The lowest BCUT2D eigenvalue weighted by Gasteiger charge is -2.38. The number of tetrazole rings is 1. The molecule has 1 amide bonds. The van der Waals surface area contributed by atoms with Crippen LogP contribution in [0.25, 0.3) is 0 Å². The molecule has 2 aromatic heterocycles. The van der Waals surface area contributed by atoms with Gasteiger partial charge in [-0.2, -0.15) is 0 Å². The van der Waals surface area contributed by atoms with Crippen molar-refractivity contribution in [2.45, 2.75) is 51.3 Å². The molecule has 3 rings (SSSR count). The highest BCUT2D eigenvalue weighted by Crippen LogP contribution is 2.31. The number of aromatic nitrogens is 5. The minimum absolute atomic E-state index is 0.0228. The predicted octanol–water partition coefficient (Wildman–Crippen LogP) is 0.265. The van der Waals surface area contributed by atoms with Crippen LogP contribution in [0.5, 0.6) is 0 Å². The molecule has 1 aliphatic carbocycles. The van der Waals surface area contributed by atoms with Crippen LogP contribution < -0.4 is 5.32 Å². The Morgan fingerprint density at radius 2 is 2.17 bits per heavy atom. The monoisotopic (exact) mass is 330 g/mol. The van der Waals surface area contributed by atoms with Gasteiger partial charge >= 0.3 is 0 Å². The number of aliphatic hydroxyl groups is 1. The first kappa shape index (κ1) is 16.5. The van der Waals surface area contributed by atoms with Gasteiger partial charge in [-0.05, 0) is 60.2 Å². The largest absolute Gasteiger partial charge is 0.393 e. The quantitative estimate of drug-likeness (QED) is 0.754. The SMILES string of the molecule is Cc1nnnn1CCC(=O)N[C@@H](Cc1ccncc1)C1CC(O)C1. The highest BCUT2D eigenvalue weighted by molar-refractivity contribution is 5.76. The Bertz CT molecular complexity index is 668. The average molecular weight is 330 g/mol. The summed E-state index contributed by atoms with van der Waals surface area (Å²) < 4.78 is 1.62. The molecule has 128 valence electrons. The van der Waals surface area contributed by atoms with Crippen molar-refractivity contribution in [1.29, 1.82) is 0 Å². The summed E-state index contributed by atoms with van der Waals surface area (Å²) in [5, 5.41) is 23.9. The van der Waals surface area contributed by atoms with Crippen molar-refractivity contribution in [2.24, 2.45) is 5.92 Å². The maximum atomic E-state index is 12.3. The first-order chi connectivity index (χ1) is 11.6. The third-order valence-electron chi connectivity index (χ3n) is 4.53. The van der Waals surface area contributed by atoms with Crippen LogP contribution in [0.2, 0.25) is 0 Å². The second-order valence-corrected chi connectivity index (χ2v) is 6.32. The molecule has 1 atom stereocenters. The Hall–Kier alpha value is -2.35. The van der Waals surface area contributed by atoms with Gasteiger partial charge in [0.1, 0.15) is 5.82 Å². The van der Waals surface area contributed by atoms with E-state index in [0.717, 1.165) is 24.8 Å². The zero-order valence-electron chi connectivity index (χ0n) is 13.7. The van der Waals surface area contributed by atoms with Gasteiger partial charge in [-0.3, -0.25) is 9.78 Å². The van der Waals surface area contributed by atoms with Crippen LogP contribution >= 0.6 is 0 Å². The Morgan fingerprint density at radius 3 is 2.79 bits per heavy atom. The van der Waals surface area contributed by atoms with Crippen molar-refractivity contribution in [3.8, 4) is 0 Å². The third-order valence-corrected chi connectivity index (χ3v) is 4.53. The number of aryl methyl sites for hydroxylation is 2. The molecule has 0 aromatic carbocycles. The zero-order chi connectivity index (χ0) is 16.9. The molecular weight excluding hydrogens is 308 g/mol. The van der Waals surface area contributed by atoms with E-state index in [0.29, 0.717) is 24.7 Å². The molecule has 0 unspecified atom stereocenters. The number of pyridine rings is 1. The lowest BCUT2D eigenvalue weighted by Crippen LogP contribution is -2.48. The summed E-state index contributed by atoms with van der Waals surface area (Å²) in [6, 6.07) is 3.94. The van der Waals surface area contributed by atoms with E-state index < -0.39 is 0 Å². The first-order valence-electron chi connectivity index (χ1n) is 8.21. The van der Waals surface area contributed by atoms with Crippen LogP contribution in [0.4, 0.5) is 0 Å². The Kier molecular flexibility index (Phi) is 5.14. The van der Waals surface area contributed by atoms with Crippen LogP contribution in [0.15, 0.2) is 24.5 Å². The van der Waals surface area contributed by atoms with Crippen molar-refractivity contribution in [1.82, 2.24) is 30.5 Å². The normalized spacial score (nSPS) is 21.1. The molecule has 0 bridgehead atoms. The number of hydrogen-bond donors (Lipinski definition) is 2. The second kappa shape index (κ2) is 7.48. The topological polar surface area (TPSA) is 106 Å². The van der Waals surface area contributed by atoms with Gasteiger partial charge in [-0.1, -0.05) is 0 Å². The Labute approximate surface area is 140 Å². The van der Waals surface area contributed by atoms with E-state index in [4.69, 9.17) is 0 Å². The minimum Gasteiger partial charge on any atom is -0.393 e. The Balaban J connectivity index is 1.56. The molecule has 0 aliphatic heterocycles. The minimum atomic E-state index is -0.240. The lowest BCUT2D eigenvalue weighted by molar-refractivity contribution is -0.123. The summed E-state index contributed by atoms with van der Waals surface area (Å²) in [5.74, 6) is 0.982. The number of aliphatic hydroxyl groups excluding tert-OH is 1. The summed E-state index contributed by atoms with van der Waals surface area (Å²) in [4.78, 5) is 16.3. The molecular formula is C16H22N6O2. The van der Waals surface area contributed by atoms with Gasteiger partial charge in [-0.15, -0.1) is 5.10 Å². The molecule has 2 heterocycles. The fourth-order valence-electron chi connectivity index (χ4n) is 3.01. The summed E-state index contributed by atoms with van der Waals surface area (Å²) in [6.45, 7) is 2.26. The lowest BCUT2D eigenvalue weighted by atomic mass is 9.75. The summed E-state index contributed by atoms with van der Waals surface area (Å²) in [6.07, 6.45) is 5.82. The van der Waals surface area contributed by atoms with Crippen LogP contribution in [0.1, 0.15) is 30.7 Å². The Morgan fingerprint density at radius 1 is 1.42 bits per heavy atom. The summed E-state index contributed by atoms with van der Waals surface area (Å²) >= 11 is 0. The van der Waals surface area contributed by atoms with E-state index in [1.807, 2.05) is 12.1 Å². The molecule has 1 fully saturated rings. The smallest absolute Gasteiger partial charge is 0.222 e. The number of amides is 1. The molecule has 0 spiro atoms. The maximum Gasteiger partial charge on any atom is 0.222 e. The fourth-order valence-corrected chi connectivity index (χ4v) is 3.01. The van der Waals surface area contributed by atoms with Crippen molar-refractivity contribution in [2.75, 3.05) is 0 Å². The number of carbonyl (C=O) groups is 1. The second-order valence-electron chi connectivity index (χ2n) is 6.32. The molecule has 1 saturated carbocycles. The molecule has 24 heavy (non-hydrogen) atoms. The van der Waals surface area contributed by atoms with E-state index in [2.05, 4.69) is 25.8 Å². The highest BCUT2D eigenvalue weighted by Gasteiger charge is 2.34.